The van der Waals surface area contributed by atoms with Crippen LogP contribution in [-0.2, 0) is 0 Å². The fraction of sp³-hybridized carbons (Fsp3) is 0.0435. The smallest absolute Gasteiger partial charge is 0.139 e. The van der Waals surface area contributed by atoms with Crippen molar-refractivity contribution in [3.8, 4) is 17.4 Å². The van der Waals surface area contributed by atoms with Crippen molar-refractivity contribution in [2.45, 2.75) is 6.92 Å². The van der Waals surface area contributed by atoms with Crippen molar-refractivity contribution in [1.82, 2.24) is 9.97 Å². The summed E-state index contributed by atoms with van der Waals surface area (Å²) in [7, 11) is 0. The Balaban J connectivity index is 1.67. The molecule has 0 fully saturated rings. The van der Waals surface area contributed by atoms with Gasteiger partial charge < -0.3 is 14.7 Å². The van der Waals surface area contributed by atoms with Crippen LogP contribution >= 0.6 is 0 Å². The predicted octanol–water partition coefficient (Wildman–Crippen LogP) is 5.90. The number of furan rings is 1. The molecule has 0 amide bonds. The number of nitrogens with one attached hydrogen (secondary N) is 2. The summed E-state index contributed by atoms with van der Waals surface area (Å²) in [4.78, 5) is 7.46. The van der Waals surface area contributed by atoms with Gasteiger partial charge in [-0.15, -0.1) is 0 Å². The second-order valence-corrected chi connectivity index (χ2v) is 6.67. The number of H-pyrrole nitrogens is 1. The minimum Gasteiger partial charge on any atom is -0.456 e. The van der Waals surface area contributed by atoms with E-state index in [1.165, 1.54) is 0 Å². The van der Waals surface area contributed by atoms with E-state index in [1.54, 1.807) is 12.4 Å². The molecule has 5 nitrogen and oxygen atoms in total. The zero-order valence-electron chi connectivity index (χ0n) is 15.2. The highest BCUT2D eigenvalue weighted by Crippen LogP contribution is 2.37. The minimum absolute atomic E-state index is 0.464. The van der Waals surface area contributed by atoms with Gasteiger partial charge in [0.2, 0.25) is 0 Å². The molecule has 0 aliphatic rings. The molecule has 0 saturated carbocycles. The van der Waals surface area contributed by atoms with Crippen LogP contribution in [0.2, 0.25) is 0 Å². The van der Waals surface area contributed by atoms with Crippen molar-refractivity contribution in [3.05, 3.63) is 78.2 Å². The van der Waals surface area contributed by atoms with Crippen molar-refractivity contribution in [2.24, 2.45) is 0 Å². The van der Waals surface area contributed by atoms with E-state index in [4.69, 9.17) is 4.42 Å². The molecule has 2 N–H and O–H groups in total. The molecule has 0 unspecified atom stereocenters. The van der Waals surface area contributed by atoms with Gasteiger partial charge in [-0.25, -0.2) is 0 Å². The number of para-hydroxylation sites is 1. The molecule has 5 aromatic rings. The summed E-state index contributed by atoms with van der Waals surface area (Å²) in [5.74, 6) is 0.675. The molecule has 134 valence electrons. The lowest BCUT2D eigenvalue weighted by Gasteiger charge is -2.14. The summed E-state index contributed by atoms with van der Waals surface area (Å²) in [6.07, 6.45) is 5.22. The Morgan fingerprint density at radius 3 is 2.86 bits per heavy atom. The van der Waals surface area contributed by atoms with Crippen molar-refractivity contribution < 1.29 is 4.42 Å². The van der Waals surface area contributed by atoms with Gasteiger partial charge in [-0.1, -0.05) is 18.2 Å². The number of hydrogen-bond donors (Lipinski definition) is 2. The van der Waals surface area contributed by atoms with Crippen LogP contribution in [0.4, 0.5) is 11.4 Å². The van der Waals surface area contributed by atoms with Crippen LogP contribution in [0, 0.1) is 18.3 Å². The molecule has 0 aliphatic heterocycles. The van der Waals surface area contributed by atoms with Gasteiger partial charge in [-0.05, 0) is 42.8 Å². The van der Waals surface area contributed by atoms with E-state index in [9.17, 15) is 5.26 Å². The van der Waals surface area contributed by atoms with Crippen molar-refractivity contribution in [3.63, 3.8) is 0 Å². The lowest BCUT2D eigenvalue weighted by atomic mass is 10.1. The van der Waals surface area contributed by atoms with Crippen LogP contribution in [-0.4, -0.2) is 9.97 Å². The summed E-state index contributed by atoms with van der Waals surface area (Å²) < 4.78 is 6.03. The molecule has 2 aromatic carbocycles. The van der Waals surface area contributed by atoms with E-state index in [2.05, 4.69) is 28.3 Å². The number of nitriles is 1. The van der Waals surface area contributed by atoms with Crippen LogP contribution in [0.5, 0.6) is 0 Å². The Kier molecular flexibility index (Phi) is 3.63. The molecule has 0 aliphatic carbocycles. The Bertz CT molecular complexity index is 1340. The molecule has 28 heavy (non-hydrogen) atoms. The highest BCUT2D eigenvalue weighted by atomic mass is 16.3. The number of pyridine rings is 1. The van der Waals surface area contributed by atoms with Crippen LogP contribution in [0.3, 0.4) is 0 Å². The molecule has 0 radical (unpaired) electrons. The number of fused-ring (bicyclic) bond motifs is 2. The quantitative estimate of drug-likeness (QED) is 0.418. The number of rotatable bonds is 3. The Labute approximate surface area is 161 Å². The van der Waals surface area contributed by atoms with E-state index in [0.717, 1.165) is 38.7 Å². The summed E-state index contributed by atoms with van der Waals surface area (Å²) in [6.45, 7) is 2.06. The topological polar surface area (TPSA) is 77.6 Å². The van der Waals surface area contributed by atoms with Crippen molar-refractivity contribution in [2.75, 3.05) is 5.32 Å². The van der Waals surface area contributed by atoms with Gasteiger partial charge in [0.05, 0.1) is 16.8 Å². The number of aromatic amines is 1. The maximum Gasteiger partial charge on any atom is 0.139 e. The number of hydrogen-bond acceptors (Lipinski definition) is 4. The molecule has 0 spiro atoms. The number of aromatic nitrogens is 2. The molecular formula is C23H16N4O. The molecule has 5 heteroatoms. The zero-order chi connectivity index (χ0) is 19.1. The van der Waals surface area contributed by atoms with Gasteiger partial charge in [0.15, 0.2) is 0 Å². The third kappa shape index (κ3) is 2.51. The summed E-state index contributed by atoms with van der Waals surface area (Å²) >= 11 is 0. The predicted molar refractivity (Wildman–Crippen MR) is 110 cm³/mol. The SMILES string of the molecule is Cc1c(Nc2c(C#N)cncc2-c2cc3ccccc3o2)ccc2[nH]ccc12. The van der Waals surface area contributed by atoms with E-state index in [0.29, 0.717) is 17.0 Å². The minimum atomic E-state index is 0.464. The second-order valence-electron chi connectivity index (χ2n) is 6.67. The molecule has 3 aromatic heterocycles. The summed E-state index contributed by atoms with van der Waals surface area (Å²) in [5, 5.41) is 15.3. The standard InChI is InChI=1S/C23H16N4O/c1-14-17-8-9-26-20(17)7-6-19(14)27-23-16(11-24)12-25-13-18(23)22-10-15-4-2-3-5-21(15)28-22/h2-10,12-13,26H,1H3,(H,25,27). The van der Waals surface area contributed by atoms with E-state index in [-0.39, 0.29) is 0 Å². The van der Waals surface area contributed by atoms with Crippen LogP contribution in [0.1, 0.15) is 11.1 Å². The van der Waals surface area contributed by atoms with Gasteiger partial charge in [0, 0.05) is 40.6 Å². The normalized spacial score (nSPS) is 11.0. The van der Waals surface area contributed by atoms with E-state index in [1.807, 2.05) is 54.7 Å². The zero-order valence-corrected chi connectivity index (χ0v) is 15.2. The molecule has 3 heterocycles. The lowest BCUT2D eigenvalue weighted by molar-refractivity contribution is 0.631. The molecule has 0 bridgehead atoms. The number of anilines is 2. The Hall–Kier alpha value is -4.04. The summed E-state index contributed by atoms with van der Waals surface area (Å²) in [5.41, 5.74) is 5.83. The first-order valence-electron chi connectivity index (χ1n) is 8.95. The largest absolute Gasteiger partial charge is 0.456 e. The fourth-order valence-corrected chi connectivity index (χ4v) is 3.54. The average Bonchev–Trinajstić information content (AvgIpc) is 3.37. The van der Waals surface area contributed by atoms with Crippen molar-refractivity contribution >= 4 is 33.2 Å². The molecule has 0 saturated heterocycles. The number of benzene rings is 2. The second kappa shape index (κ2) is 6.29. The van der Waals surface area contributed by atoms with Gasteiger partial charge in [-0.3, -0.25) is 4.98 Å². The lowest BCUT2D eigenvalue weighted by Crippen LogP contribution is -1.99. The highest BCUT2D eigenvalue weighted by molar-refractivity contribution is 5.92. The first-order chi connectivity index (χ1) is 13.7. The van der Waals surface area contributed by atoms with Gasteiger partial charge in [-0.2, -0.15) is 5.26 Å². The van der Waals surface area contributed by atoms with Gasteiger partial charge >= 0.3 is 0 Å². The van der Waals surface area contributed by atoms with Crippen LogP contribution in [0.15, 0.2) is 71.5 Å². The number of aryl methyl sites for hydroxylation is 1. The average molecular weight is 364 g/mol. The van der Waals surface area contributed by atoms with E-state index >= 15 is 0 Å². The van der Waals surface area contributed by atoms with Crippen LogP contribution < -0.4 is 5.32 Å². The molecular weight excluding hydrogens is 348 g/mol. The number of nitrogens with zero attached hydrogens (tertiary/aromatic N) is 2. The van der Waals surface area contributed by atoms with Gasteiger partial charge in [0.25, 0.3) is 0 Å². The third-order valence-corrected chi connectivity index (χ3v) is 5.02. The monoisotopic (exact) mass is 364 g/mol. The first kappa shape index (κ1) is 16.2. The summed E-state index contributed by atoms with van der Waals surface area (Å²) in [6, 6.07) is 18.1. The maximum absolute atomic E-state index is 9.65. The van der Waals surface area contributed by atoms with E-state index < -0.39 is 0 Å². The molecule has 0 atom stereocenters. The van der Waals surface area contributed by atoms with Crippen LogP contribution in [0.25, 0.3) is 33.2 Å². The molecule has 5 rings (SSSR count). The van der Waals surface area contributed by atoms with Crippen molar-refractivity contribution in [1.29, 1.82) is 5.26 Å². The Morgan fingerprint density at radius 2 is 2.00 bits per heavy atom. The maximum atomic E-state index is 9.65. The fourth-order valence-electron chi connectivity index (χ4n) is 3.54. The Morgan fingerprint density at radius 1 is 1.11 bits per heavy atom. The highest BCUT2D eigenvalue weighted by Gasteiger charge is 2.16. The van der Waals surface area contributed by atoms with Gasteiger partial charge in [0.1, 0.15) is 17.4 Å². The third-order valence-electron chi connectivity index (χ3n) is 5.02. The first-order valence-corrected chi connectivity index (χ1v) is 8.95.